The predicted molar refractivity (Wildman–Crippen MR) is 69.3 cm³/mol. The Bertz CT molecular complexity index is 306. The standard InChI is InChI=1S/C14H25NO3/c1-2-13(10-15,12(16)17)9-11-5-8-14(18-11)6-3-4-7-14/h11H,2-10,15H2,1H3,(H,16,17). The molecule has 1 aliphatic heterocycles. The van der Waals surface area contributed by atoms with Gasteiger partial charge in [-0.2, -0.15) is 0 Å². The number of aliphatic carboxylic acids is 1. The molecule has 0 aromatic rings. The SMILES string of the molecule is CCC(CN)(CC1CCC2(CCCC2)O1)C(=O)O. The van der Waals surface area contributed by atoms with E-state index in [1.165, 1.54) is 12.8 Å². The summed E-state index contributed by atoms with van der Waals surface area (Å²) >= 11 is 0. The Kier molecular flexibility index (Phi) is 3.97. The number of hydrogen-bond acceptors (Lipinski definition) is 3. The first-order chi connectivity index (χ1) is 8.56. The number of carbonyl (C=O) groups is 1. The maximum Gasteiger partial charge on any atom is 0.311 e. The van der Waals surface area contributed by atoms with Gasteiger partial charge in [-0.1, -0.05) is 19.8 Å². The average molecular weight is 255 g/mol. The third-order valence-corrected chi connectivity index (χ3v) is 4.99. The molecular formula is C14H25NO3. The van der Waals surface area contributed by atoms with Crippen LogP contribution in [0.4, 0.5) is 0 Å². The molecule has 2 unspecified atom stereocenters. The molecule has 2 rings (SSSR count). The zero-order valence-corrected chi connectivity index (χ0v) is 11.3. The fourth-order valence-corrected chi connectivity index (χ4v) is 3.56. The van der Waals surface area contributed by atoms with Crippen molar-refractivity contribution >= 4 is 5.97 Å². The van der Waals surface area contributed by atoms with Crippen LogP contribution in [0.1, 0.15) is 58.3 Å². The molecule has 3 N–H and O–H groups in total. The molecule has 2 atom stereocenters. The molecule has 0 aromatic heterocycles. The van der Waals surface area contributed by atoms with E-state index in [-0.39, 0.29) is 18.2 Å². The van der Waals surface area contributed by atoms with E-state index in [0.29, 0.717) is 12.8 Å². The van der Waals surface area contributed by atoms with Crippen LogP contribution in [-0.4, -0.2) is 29.3 Å². The van der Waals surface area contributed by atoms with Gasteiger partial charge >= 0.3 is 5.97 Å². The summed E-state index contributed by atoms with van der Waals surface area (Å²) in [7, 11) is 0. The lowest BCUT2D eigenvalue weighted by molar-refractivity contribution is -0.152. The van der Waals surface area contributed by atoms with Crippen molar-refractivity contribution in [1.29, 1.82) is 0 Å². The predicted octanol–water partition coefficient (Wildman–Crippen LogP) is 2.31. The maximum absolute atomic E-state index is 11.4. The van der Waals surface area contributed by atoms with Gasteiger partial charge in [0.25, 0.3) is 0 Å². The molecule has 0 bridgehead atoms. The smallest absolute Gasteiger partial charge is 0.311 e. The molecule has 18 heavy (non-hydrogen) atoms. The van der Waals surface area contributed by atoms with Crippen molar-refractivity contribution in [3.05, 3.63) is 0 Å². The fourth-order valence-electron chi connectivity index (χ4n) is 3.56. The van der Waals surface area contributed by atoms with Gasteiger partial charge in [0.05, 0.1) is 17.1 Å². The summed E-state index contributed by atoms with van der Waals surface area (Å²) in [6, 6.07) is 0. The summed E-state index contributed by atoms with van der Waals surface area (Å²) in [5.41, 5.74) is 4.99. The van der Waals surface area contributed by atoms with Gasteiger partial charge in [-0.05, 0) is 38.5 Å². The van der Waals surface area contributed by atoms with E-state index in [1.807, 2.05) is 6.92 Å². The lowest BCUT2D eigenvalue weighted by atomic mass is 9.79. The van der Waals surface area contributed by atoms with Gasteiger partial charge in [0, 0.05) is 6.54 Å². The van der Waals surface area contributed by atoms with Crippen LogP contribution in [0.3, 0.4) is 0 Å². The van der Waals surface area contributed by atoms with E-state index in [4.69, 9.17) is 10.5 Å². The summed E-state index contributed by atoms with van der Waals surface area (Å²) < 4.78 is 6.20. The molecule has 2 aliphatic rings. The first kappa shape index (κ1) is 13.8. The molecule has 1 spiro atoms. The fraction of sp³-hybridized carbons (Fsp3) is 0.929. The maximum atomic E-state index is 11.4. The number of ether oxygens (including phenoxy) is 1. The Morgan fingerprint density at radius 1 is 1.44 bits per heavy atom. The third-order valence-electron chi connectivity index (χ3n) is 4.99. The highest BCUT2D eigenvalue weighted by molar-refractivity contribution is 5.75. The van der Waals surface area contributed by atoms with Gasteiger partial charge in [-0.25, -0.2) is 0 Å². The summed E-state index contributed by atoms with van der Waals surface area (Å²) in [5.74, 6) is -0.775. The molecule has 104 valence electrons. The van der Waals surface area contributed by atoms with Crippen molar-refractivity contribution in [1.82, 2.24) is 0 Å². The van der Waals surface area contributed by atoms with Crippen molar-refractivity contribution in [2.45, 2.75) is 70.0 Å². The number of carboxylic acids is 1. The van der Waals surface area contributed by atoms with Gasteiger partial charge < -0.3 is 15.6 Å². The zero-order chi connectivity index (χ0) is 13.2. The molecule has 1 saturated carbocycles. The average Bonchev–Trinajstić information content (AvgIpc) is 2.97. The highest BCUT2D eigenvalue weighted by atomic mass is 16.5. The van der Waals surface area contributed by atoms with Gasteiger partial charge in [0.2, 0.25) is 0 Å². The van der Waals surface area contributed by atoms with Gasteiger partial charge in [0.1, 0.15) is 0 Å². The van der Waals surface area contributed by atoms with E-state index >= 15 is 0 Å². The zero-order valence-electron chi connectivity index (χ0n) is 11.3. The molecule has 0 aromatic carbocycles. The van der Waals surface area contributed by atoms with E-state index in [0.717, 1.165) is 25.7 Å². The number of nitrogens with two attached hydrogens (primary N) is 1. The third kappa shape index (κ3) is 2.41. The number of hydrogen-bond donors (Lipinski definition) is 2. The van der Waals surface area contributed by atoms with Crippen molar-refractivity contribution in [2.24, 2.45) is 11.1 Å². The Balaban J connectivity index is 1.99. The van der Waals surface area contributed by atoms with Crippen LogP contribution < -0.4 is 5.73 Å². The molecule has 4 nitrogen and oxygen atoms in total. The van der Waals surface area contributed by atoms with Crippen LogP contribution in [0, 0.1) is 5.41 Å². The Morgan fingerprint density at radius 3 is 2.61 bits per heavy atom. The van der Waals surface area contributed by atoms with Crippen LogP contribution in [0.2, 0.25) is 0 Å². The normalized spacial score (nSPS) is 29.6. The van der Waals surface area contributed by atoms with Crippen LogP contribution >= 0.6 is 0 Å². The minimum atomic E-state index is -0.797. The number of rotatable bonds is 5. The number of carboxylic acid groups (broad SMARTS) is 1. The lowest BCUT2D eigenvalue weighted by Crippen LogP contribution is -2.41. The molecule has 4 heteroatoms. The Hall–Kier alpha value is -0.610. The molecule has 1 aliphatic carbocycles. The van der Waals surface area contributed by atoms with Gasteiger partial charge in [-0.15, -0.1) is 0 Å². The lowest BCUT2D eigenvalue weighted by Gasteiger charge is -2.31. The van der Waals surface area contributed by atoms with Crippen LogP contribution in [-0.2, 0) is 9.53 Å². The van der Waals surface area contributed by atoms with Crippen LogP contribution in [0.5, 0.6) is 0 Å². The molecular weight excluding hydrogens is 230 g/mol. The van der Waals surface area contributed by atoms with E-state index in [2.05, 4.69) is 0 Å². The van der Waals surface area contributed by atoms with E-state index < -0.39 is 11.4 Å². The topological polar surface area (TPSA) is 72.5 Å². The summed E-state index contributed by atoms with van der Waals surface area (Å²) in [6.07, 6.45) is 8.13. The van der Waals surface area contributed by atoms with Crippen molar-refractivity contribution in [3.8, 4) is 0 Å². The second-order valence-corrected chi connectivity index (χ2v) is 6.02. The van der Waals surface area contributed by atoms with Gasteiger partial charge in [0.15, 0.2) is 0 Å². The minimum absolute atomic E-state index is 0.0806. The minimum Gasteiger partial charge on any atom is -0.481 e. The van der Waals surface area contributed by atoms with Crippen molar-refractivity contribution < 1.29 is 14.6 Å². The molecule has 0 radical (unpaired) electrons. The summed E-state index contributed by atoms with van der Waals surface area (Å²) in [5, 5.41) is 9.41. The van der Waals surface area contributed by atoms with Gasteiger partial charge in [-0.3, -0.25) is 4.79 Å². The van der Waals surface area contributed by atoms with Crippen LogP contribution in [0.15, 0.2) is 0 Å². The van der Waals surface area contributed by atoms with Crippen molar-refractivity contribution in [3.63, 3.8) is 0 Å². The monoisotopic (exact) mass is 255 g/mol. The quantitative estimate of drug-likeness (QED) is 0.790. The Labute approximate surface area is 109 Å². The van der Waals surface area contributed by atoms with E-state index in [9.17, 15) is 9.90 Å². The highest BCUT2D eigenvalue weighted by Gasteiger charge is 2.46. The first-order valence-electron chi connectivity index (χ1n) is 7.17. The first-order valence-corrected chi connectivity index (χ1v) is 7.17. The molecule has 2 fully saturated rings. The second kappa shape index (κ2) is 5.17. The second-order valence-electron chi connectivity index (χ2n) is 6.02. The van der Waals surface area contributed by atoms with Crippen molar-refractivity contribution in [2.75, 3.05) is 6.54 Å². The molecule has 1 heterocycles. The molecule has 0 amide bonds. The summed E-state index contributed by atoms with van der Waals surface area (Å²) in [6.45, 7) is 2.10. The van der Waals surface area contributed by atoms with Crippen LogP contribution in [0.25, 0.3) is 0 Å². The van der Waals surface area contributed by atoms with E-state index in [1.54, 1.807) is 0 Å². The molecule has 1 saturated heterocycles. The Morgan fingerprint density at radius 2 is 2.11 bits per heavy atom. The largest absolute Gasteiger partial charge is 0.481 e. The highest BCUT2D eigenvalue weighted by Crippen LogP contribution is 2.46. The summed E-state index contributed by atoms with van der Waals surface area (Å²) in [4.78, 5) is 11.4.